The van der Waals surface area contributed by atoms with Gasteiger partial charge in [-0.3, -0.25) is 4.99 Å². The van der Waals surface area contributed by atoms with Gasteiger partial charge in [-0.25, -0.2) is 0 Å². The zero-order chi connectivity index (χ0) is 15.6. The molecule has 0 unspecified atom stereocenters. The second-order valence-electron chi connectivity index (χ2n) is 4.94. The first kappa shape index (κ1) is 15.9. The zero-order valence-electron chi connectivity index (χ0n) is 13.2. The van der Waals surface area contributed by atoms with Gasteiger partial charge in [0.2, 0.25) is 0 Å². The number of hydrogen-bond donors (Lipinski definition) is 2. The van der Waals surface area contributed by atoms with E-state index in [2.05, 4.69) is 34.7 Å². The Morgan fingerprint density at radius 2 is 1.73 bits per heavy atom. The highest BCUT2D eigenvalue weighted by molar-refractivity contribution is 5.79. The van der Waals surface area contributed by atoms with Crippen LogP contribution in [0.2, 0.25) is 0 Å². The first-order chi connectivity index (χ1) is 10.8. The highest BCUT2D eigenvalue weighted by atomic mass is 16.5. The van der Waals surface area contributed by atoms with Gasteiger partial charge in [0.15, 0.2) is 5.96 Å². The molecule has 2 N–H and O–H groups in total. The van der Waals surface area contributed by atoms with Gasteiger partial charge in [0.05, 0.1) is 6.54 Å². The van der Waals surface area contributed by atoms with Gasteiger partial charge in [-0.15, -0.1) is 0 Å². The van der Waals surface area contributed by atoms with Crippen LogP contribution in [0.1, 0.15) is 11.1 Å². The smallest absolute Gasteiger partial charge is 0.191 e. The van der Waals surface area contributed by atoms with Crippen molar-refractivity contribution in [3.63, 3.8) is 0 Å². The summed E-state index contributed by atoms with van der Waals surface area (Å²) in [5, 5.41) is 6.55. The predicted molar refractivity (Wildman–Crippen MR) is 91.3 cm³/mol. The van der Waals surface area contributed by atoms with E-state index in [0.717, 1.165) is 18.3 Å². The van der Waals surface area contributed by atoms with Crippen molar-refractivity contribution in [1.29, 1.82) is 0 Å². The third kappa shape index (κ3) is 5.13. The lowest BCUT2D eigenvalue weighted by atomic mass is 10.1. The number of guanidine groups is 1. The van der Waals surface area contributed by atoms with Crippen LogP contribution in [0.5, 0.6) is 5.75 Å². The Balaban J connectivity index is 1.70. The molecule has 116 valence electrons. The Bertz CT molecular complexity index is 596. The number of rotatable bonds is 6. The molecule has 0 bridgehead atoms. The molecule has 0 aliphatic heterocycles. The maximum absolute atomic E-state index is 5.64. The van der Waals surface area contributed by atoms with E-state index in [-0.39, 0.29) is 0 Å². The molecular formula is C18H23N3O. The first-order valence-electron chi connectivity index (χ1n) is 7.46. The van der Waals surface area contributed by atoms with Crippen LogP contribution in [-0.2, 0) is 6.54 Å². The van der Waals surface area contributed by atoms with Gasteiger partial charge in [-0.05, 0) is 30.2 Å². The number of hydrogen-bond acceptors (Lipinski definition) is 2. The molecule has 2 aromatic rings. The molecule has 0 saturated heterocycles. The molecular weight excluding hydrogens is 274 g/mol. The molecule has 0 atom stereocenters. The highest BCUT2D eigenvalue weighted by Crippen LogP contribution is 2.07. The largest absolute Gasteiger partial charge is 0.492 e. The van der Waals surface area contributed by atoms with Crippen molar-refractivity contribution in [2.45, 2.75) is 13.5 Å². The molecule has 2 rings (SSSR count). The van der Waals surface area contributed by atoms with Crippen LogP contribution < -0.4 is 15.4 Å². The van der Waals surface area contributed by atoms with Crippen molar-refractivity contribution in [3.8, 4) is 5.75 Å². The van der Waals surface area contributed by atoms with E-state index in [1.807, 2.05) is 42.5 Å². The monoisotopic (exact) mass is 297 g/mol. The summed E-state index contributed by atoms with van der Waals surface area (Å²) in [5.41, 5.74) is 2.55. The maximum atomic E-state index is 5.64. The van der Waals surface area contributed by atoms with Crippen LogP contribution in [0.4, 0.5) is 0 Å². The van der Waals surface area contributed by atoms with Gasteiger partial charge >= 0.3 is 0 Å². The molecule has 0 amide bonds. The Kier molecular flexibility index (Phi) is 6.30. The highest BCUT2D eigenvalue weighted by Gasteiger charge is 2.00. The van der Waals surface area contributed by atoms with E-state index in [1.165, 1.54) is 11.1 Å². The molecule has 0 saturated carbocycles. The Hall–Kier alpha value is -2.49. The zero-order valence-corrected chi connectivity index (χ0v) is 13.2. The number of nitrogens with zero attached hydrogens (tertiary/aromatic N) is 1. The molecule has 4 heteroatoms. The standard InChI is InChI=1S/C18H23N3O/c1-15-8-6-7-9-16(15)14-21-18(19-2)20-12-13-22-17-10-4-3-5-11-17/h3-11H,12-14H2,1-2H3,(H2,19,20,21). The molecule has 0 spiro atoms. The molecule has 0 aliphatic rings. The van der Waals surface area contributed by atoms with Crippen molar-refractivity contribution in [2.75, 3.05) is 20.2 Å². The average molecular weight is 297 g/mol. The Labute approximate surface area is 132 Å². The summed E-state index contributed by atoms with van der Waals surface area (Å²) in [4.78, 5) is 4.22. The predicted octanol–water partition coefficient (Wildman–Crippen LogP) is 2.74. The maximum Gasteiger partial charge on any atom is 0.191 e. The summed E-state index contributed by atoms with van der Waals surface area (Å²) in [5.74, 6) is 1.66. The van der Waals surface area contributed by atoms with E-state index < -0.39 is 0 Å². The molecule has 0 radical (unpaired) electrons. The van der Waals surface area contributed by atoms with Crippen molar-refractivity contribution >= 4 is 5.96 Å². The van der Waals surface area contributed by atoms with Gasteiger partial charge in [-0.1, -0.05) is 42.5 Å². The van der Waals surface area contributed by atoms with Gasteiger partial charge in [0.1, 0.15) is 12.4 Å². The topological polar surface area (TPSA) is 45.7 Å². The van der Waals surface area contributed by atoms with E-state index >= 15 is 0 Å². The summed E-state index contributed by atoms with van der Waals surface area (Å²) >= 11 is 0. The fourth-order valence-electron chi connectivity index (χ4n) is 2.06. The Morgan fingerprint density at radius 1 is 1.00 bits per heavy atom. The fraction of sp³-hybridized carbons (Fsp3) is 0.278. The Morgan fingerprint density at radius 3 is 2.45 bits per heavy atom. The number of aliphatic imine (C=N–C) groups is 1. The van der Waals surface area contributed by atoms with Crippen molar-refractivity contribution in [2.24, 2.45) is 4.99 Å². The van der Waals surface area contributed by atoms with Crippen LogP contribution >= 0.6 is 0 Å². The lowest BCUT2D eigenvalue weighted by Gasteiger charge is -2.13. The van der Waals surface area contributed by atoms with Gasteiger partial charge in [-0.2, -0.15) is 0 Å². The molecule has 0 fully saturated rings. The van der Waals surface area contributed by atoms with Crippen LogP contribution in [0.3, 0.4) is 0 Å². The lowest BCUT2D eigenvalue weighted by molar-refractivity contribution is 0.322. The van der Waals surface area contributed by atoms with Crippen LogP contribution in [0.25, 0.3) is 0 Å². The van der Waals surface area contributed by atoms with E-state index in [0.29, 0.717) is 13.2 Å². The minimum Gasteiger partial charge on any atom is -0.492 e. The van der Waals surface area contributed by atoms with Crippen LogP contribution in [-0.4, -0.2) is 26.2 Å². The number of benzene rings is 2. The second-order valence-corrected chi connectivity index (χ2v) is 4.94. The summed E-state index contributed by atoms with van der Waals surface area (Å²) in [6.45, 7) is 4.16. The number of para-hydroxylation sites is 1. The normalized spacial score (nSPS) is 11.1. The van der Waals surface area contributed by atoms with E-state index in [4.69, 9.17) is 4.74 Å². The van der Waals surface area contributed by atoms with Crippen molar-refractivity contribution < 1.29 is 4.74 Å². The quantitative estimate of drug-likeness (QED) is 0.489. The van der Waals surface area contributed by atoms with Crippen molar-refractivity contribution in [1.82, 2.24) is 10.6 Å². The minimum absolute atomic E-state index is 0.592. The number of aryl methyl sites for hydroxylation is 1. The van der Waals surface area contributed by atoms with Gasteiger partial charge < -0.3 is 15.4 Å². The van der Waals surface area contributed by atoms with Gasteiger partial charge in [0, 0.05) is 13.6 Å². The van der Waals surface area contributed by atoms with Crippen LogP contribution in [0.15, 0.2) is 59.6 Å². The number of ether oxygens (including phenoxy) is 1. The minimum atomic E-state index is 0.592. The molecule has 0 aromatic heterocycles. The molecule has 0 heterocycles. The summed E-state index contributed by atoms with van der Waals surface area (Å²) in [6.07, 6.45) is 0. The first-order valence-corrected chi connectivity index (χ1v) is 7.46. The third-order valence-electron chi connectivity index (χ3n) is 3.34. The summed E-state index contributed by atoms with van der Waals surface area (Å²) in [6, 6.07) is 18.1. The molecule has 0 aliphatic carbocycles. The average Bonchev–Trinajstić information content (AvgIpc) is 2.56. The lowest BCUT2D eigenvalue weighted by Crippen LogP contribution is -2.39. The molecule has 2 aromatic carbocycles. The SMILES string of the molecule is CN=C(NCCOc1ccccc1)NCc1ccccc1C. The van der Waals surface area contributed by atoms with E-state index in [1.54, 1.807) is 7.05 Å². The van der Waals surface area contributed by atoms with E-state index in [9.17, 15) is 0 Å². The fourth-order valence-corrected chi connectivity index (χ4v) is 2.06. The van der Waals surface area contributed by atoms with Gasteiger partial charge in [0.25, 0.3) is 0 Å². The third-order valence-corrected chi connectivity index (χ3v) is 3.34. The molecule has 22 heavy (non-hydrogen) atoms. The summed E-state index contributed by atoms with van der Waals surface area (Å²) in [7, 11) is 1.77. The summed E-state index contributed by atoms with van der Waals surface area (Å²) < 4.78 is 5.64. The van der Waals surface area contributed by atoms with Crippen LogP contribution in [0, 0.1) is 6.92 Å². The number of nitrogens with one attached hydrogen (secondary N) is 2. The molecule has 4 nitrogen and oxygen atoms in total. The van der Waals surface area contributed by atoms with Crippen molar-refractivity contribution in [3.05, 3.63) is 65.7 Å². The second kappa shape index (κ2) is 8.72.